The lowest BCUT2D eigenvalue weighted by molar-refractivity contribution is 0.0954. The molecule has 0 aliphatic carbocycles. The molecule has 0 saturated heterocycles. The smallest absolute Gasteiger partial charge is 0.255 e. The maximum atomic E-state index is 13.6. The minimum atomic E-state index is -0.545. The van der Waals surface area contributed by atoms with Gasteiger partial charge in [0.15, 0.2) is 0 Å². The van der Waals surface area contributed by atoms with Crippen molar-refractivity contribution in [2.24, 2.45) is 0 Å². The Kier molecular flexibility index (Phi) is 3.90. The largest absolute Gasteiger partial charge is 0.399 e. The van der Waals surface area contributed by atoms with Crippen LogP contribution in [-0.2, 0) is 0 Å². The number of rotatable bonds is 2. The van der Waals surface area contributed by atoms with Crippen molar-refractivity contribution in [3.8, 4) is 11.8 Å². The molecule has 0 aliphatic rings. The molecule has 1 rings (SSSR count). The second kappa shape index (κ2) is 5.17. The summed E-state index contributed by atoms with van der Waals surface area (Å²) in [6, 6.07) is 2.80. The van der Waals surface area contributed by atoms with Crippen molar-refractivity contribution in [1.29, 1.82) is 0 Å². The Bertz CT molecular complexity index is 472. The molecule has 1 amide bonds. The molecule has 0 heterocycles. The maximum Gasteiger partial charge on any atom is 0.255 e. The lowest BCUT2D eigenvalue weighted by atomic mass is 10.1. The van der Waals surface area contributed by atoms with Gasteiger partial charge >= 0.3 is 0 Å². The number of amides is 1. The van der Waals surface area contributed by atoms with Gasteiger partial charge in [-0.15, -0.1) is 5.92 Å². The Morgan fingerprint density at radius 3 is 2.88 bits per heavy atom. The molecule has 84 valence electrons. The maximum absolute atomic E-state index is 13.6. The summed E-state index contributed by atoms with van der Waals surface area (Å²) in [7, 11) is 0. The summed E-state index contributed by atoms with van der Waals surface area (Å²) < 4.78 is 13.6. The molecule has 4 heteroatoms. The molecule has 1 aromatic rings. The summed E-state index contributed by atoms with van der Waals surface area (Å²) >= 11 is 0. The third kappa shape index (κ3) is 2.74. The number of nitrogen functional groups attached to an aromatic ring is 1. The standard InChI is InChI=1S/C12H13FN2O/c1-3-4-5-15-12(16)10-7-9(14)6-8(2)11(10)13/h6-7H,5,14H2,1-2H3,(H,15,16). The molecule has 0 aliphatic heterocycles. The molecular weight excluding hydrogens is 207 g/mol. The lowest BCUT2D eigenvalue weighted by Gasteiger charge is -2.06. The first kappa shape index (κ1) is 12.1. The molecule has 0 fully saturated rings. The summed E-state index contributed by atoms with van der Waals surface area (Å²) in [5.41, 5.74) is 6.22. The van der Waals surface area contributed by atoms with Crippen molar-refractivity contribution in [2.75, 3.05) is 12.3 Å². The molecule has 0 spiro atoms. The van der Waals surface area contributed by atoms with E-state index in [-0.39, 0.29) is 12.1 Å². The Morgan fingerprint density at radius 1 is 1.56 bits per heavy atom. The van der Waals surface area contributed by atoms with Crippen molar-refractivity contribution < 1.29 is 9.18 Å². The van der Waals surface area contributed by atoms with Crippen LogP contribution in [0.15, 0.2) is 12.1 Å². The Labute approximate surface area is 93.8 Å². The van der Waals surface area contributed by atoms with Gasteiger partial charge in [0.2, 0.25) is 0 Å². The molecular formula is C12H13FN2O. The predicted molar refractivity (Wildman–Crippen MR) is 61.3 cm³/mol. The van der Waals surface area contributed by atoms with Gasteiger partial charge in [-0.2, -0.15) is 0 Å². The predicted octanol–water partition coefficient (Wildman–Crippen LogP) is 1.47. The first-order chi connectivity index (χ1) is 7.56. The van der Waals surface area contributed by atoms with Crippen molar-refractivity contribution in [3.05, 3.63) is 29.1 Å². The summed E-state index contributed by atoms with van der Waals surface area (Å²) in [5.74, 6) is 4.24. The van der Waals surface area contributed by atoms with E-state index < -0.39 is 11.7 Å². The van der Waals surface area contributed by atoms with Crippen LogP contribution in [-0.4, -0.2) is 12.5 Å². The van der Waals surface area contributed by atoms with Crippen molar-refractivity contribution in [1.82, 2.24) is 5.32 Å². The van der Waals surface area contributed by atoms with Gasteiger partial charge in [-0.1, -0.05) is 5.92 Å². The summed E-state index contributed by atoms with van der Waals surface area (Å²) in [6.07, 6.45) is 0. The number of benzene rings is 1. The highest BCUT2D eigenvalue weighted by molar-refractivity contribution is 5.95. The molecule has 0 aromatic heterocycles. The second-order valence-corrected chi connectivity index (χ2v) is 3.31. The summed E-state index contributed by atoms with van der Waals surface area (Å²) in [4.78, 5) is 11.6. The van der Waals surface area contributed by atoms with Crippen LogP contribution in [0.2, 0.25) is 0 Å². The zero-order chi connectivity index (χ0) is 12.1. The molecule has 0 bridgehead atoms. The molecule has 0 unspecified atom stereocenters. The fraction of sp³-hybridized carbons (Fsp3) is 0.250. The van der Waals surface area contributed by atoms with E-state index in [0.717, 1.165) is 0 Å². The van der Waals surface area contributed by atoms with Crippen LogP contribution >= 0.6 is 0 Å². The average molecular weight is 220 g/mol. The third-order valence-corrected chi connectivity index (χ3v) is 2.04. The van der Waals surface area contributed by atoms with Gasteiger partial charge in [0.05, 0.1) is 12.1 Å². The van der Waals surface area contributed by atoms with Gasteiger partial charge in [0.1, 0.15) is 5.82 Å². The number of hydrogen-bond donors (Lipinski definition) is 2. The number of carbonyl (C=O) groups excluding carboxylic acids is 1. The number of nitrogens with one attached hydrogen (secondary N) is 1. The second-order valence-electron chi connectivity index (χ2n) is 3.31. The monoisotopic (exact) mass is 220 g/mol. The van der Waals surface area contributed by atoms with Crippen LogP contribution in [0.3, 0.4) is 0 Å². The normalized spacial score (nSPS) is 9.19. The molecule has 0 radical (unpaired) electrons. The fourth-order valence-electron chi connectivity index (χ4n) is 1.27. The van der Waals surface area contributed by atoms with E-state index in [1.54, 1.807) is 13.8 Å². The molecule has 16 heavy (non-hydrogen) atoms. The van der Waals surface area contributed by atoms with Crippen molar-refractivity contribution >= 4 is 11.6 Å². The molecule has 3 N–H and O–H groups in total. The topological polar surface area (TPSA) is 55.1 Å². The quantitative estimate of drug-likeness (QED) is 0.585. The lowest BCUT2D eigenvalue weighted by Crippen LogP contribution is -2.25. The zero-order valence-electron chi connectivity index (χ0n) is 9.23. The average Bonchev–Trinajstić information content (AvgIpc) is 2.23. The highest BCUT2D eigenvalue weighted by Gasteiger charge is 2.13. The van der Waals surface area contributed by atoms with Crippen molar-refractivity contribution in [3.63, 3.8) is 0 Å². The Hall–Kier alpha value is -2.02. The minimum absolute atomic E-state index is 0.0459. The van der Waals surface area contributed by atoms with Gasteiger partial charge in [-0.25, -0.2) is 4.39 Å². The van der Waals surface area contributed by atoms with E-state index in [9.17, 15) is 9.18 Å². The van der Waals surface area contributed by atoms with Crippen LogP contribution < -0.4 is 11.1 Å². The first-order valence-corrected chi connectivity index (χ1v) is 4.79. The highest BCUT2D eigenvalue weighted by atomic mass is 19.1. The van der Waals surface area contributed by atoms with Crippen LogP contribution in [0.1, 0.15) is 22.8 Å². The molecule has 1 aromatic carbocycles. The SMILES string of the molecule is CC#CCNC(=O)c1cc(N)cc(C)c1F. The Morgan fingerprint density at radius 2 is 2.25 bits per heavy atom. The zero-order valence-corrected chi connectivity index (χ0v) is 9.23. The number of anilines is 1. The highest BCUT2D eigenvalue weighted by Crippen LogP contribution is 2.16. The van der Waals surface area contributed by atoms with Gasteiger partial charge in [-0.05, 0) is 31.5 Å². The van der Waals surface area contributed by atoms with Gasteiger partial charge in [0, 0.05) is 5.69 Å². The molecule has 3 nitrogen and oxygen atoms in total. The summed E-state index contributed by atoms with van der Waals surface area (Å²) in [5, 5.41) is 2.49. The number of hydrogen-bond acceptors (Lipinski definition) is 2. The number of carbonyl (C=O) groups is 1. The van der Waals surface area contributed by atoms with E-state index in [1.807, 2.05) is 0 Å². The van der Waals surface area contributed by atoms with Gasteiger partial charge < -0.3 is 11.1 Å². The van der Waals surface area contributed by atoms with Crippen LogP contribution in [0.25, 0.3) is 0 Å². The number of aryl methyl sites for hydroxylation is 1. The minimum Gasteiger partial charge on any atom is -0.399 e. The van der Waals surface area contributed by atoms with Crippen LogP contribution in [0, 0.1) is 24.6 Å². The Balaban J connectivity index is 2.93. The van der Waals surface area contributed by atoms with Crippen molar-refractivity contribution in [2.45, 2.75) is 13.8 Å². The van der Waals surface area contributed by atoms with Crippen LogP contribution in [0.5, 0.6) is 0 Å². The first-order valence-electron chi connectivity index (χ1n) is 4.79. The number of nitrogens with two attached hydrogens (primary N) is 1. The van der Waals surface area contributed by atoms with Gasteiger partial charge in [-0.3, -0.25) is 4.79 Å². The molecule has 0 atom stereocenters. The van der Waals surface area contributed by atoms with E-state index in [2.05, 4.69) is 17.2 Å². The molecule has 0 saturated carbocycles. The summed E-state index contributed by atoms with van der Waals surface area (Å²) in [6.45, 7) is 3.42. The van der Waals surface area contributed by atoms with E-state index in [0.29, 0.717) is 11.3 Å². The fourth-order valence-corrected chi connectivity index (χ4v) is 1.27. The van der Waals surface area contributed by atoms with E-state index >= 15 is 0 Å². The third-order valence-electron chi connectivity index (χ3n) is 2.04. The van der Waals surface area contributed by atoms with E-state index in [1.165, 1.54) is 12.1 Å². The van der Waals surface area contributed by atoms with Gasteiger partial charge in [0.25, 0.3) is 5.91 Å². The van der Waals surface area contributed by atoms with E-state index in [4.69, 9.17) is 5.73 Å². The number of halogens is 1. The van der Waals surface area contributed by atoms with Crippen LogP contribution in [0.4, 0.5) is 10.1 Å².